The minimum Gasteiger partial charge on any atom is -0.465 e. The lowest BCUT2D eigenvalue weighted by molar-refractivity contribution is 0.0600. The summed E-state index contributed by atoms with van der Waals surface area (Å²) in [6.45, 7) is 0.812. The van der Waals surface area contributed by atoms with Crippen LogP contribution in [0.25, 0.3) is 0 Å². The Balaban J connectivity index is 1.47. The second-order valence-electron chi connectivity index (χ2n) is 9.42. The van der Waals surface area contributed by atoms with Gasteiger partial charge in [0.15, 0.2) is 0 Å². The van der Waals surface area contributed by atoms with Gasteiger partial charge in [-0.1, -0.05) is 29.8 Å². The van der Waals surface area contributed by atoms with E-state index in [2.05, 4.69) is 9.88 Å². The number of aromatic nitrogens is 1. The molecule has 1 fully saturated rings. The zero-order valence-electron chi connectivity index (χ0n) is 21.3. The number of esters is 1. The largest absolute Gasteiger partial charge is 0.465 e. The monoisotopic (exact) mass is 525 g/mol. The van der Waals surface area contributed by atoms with Gasteiger partial charge >= 0.3 is 5.97 Å². The molecule has 3 aromatic carbocycles. The lowest BCUT2D eigenvalue weighted by Crippen LogP contribution is -2.21. The van der Waals surface area contributed by atoms with Gasteiger partial charge in [0.1, 0.15) is 5.69 Å². The smallest absolute Gasteiger partial charge is 0.337 e. The third-order valence-electron chi connectivity index (χ3n) is 6.70. The van der Waals surface area contributed by atoms with E-state index in [0.717, 1.165) is 29.3 Å². The summed E-state index contributed by atoms with van der Waals surface area (Å²) >= 11 is 6.01. The molecule has 0 unspecified atom stereocenters. The highest BCUT2D eigenvalue weighted by atomic mass is 35.5. The molecule has 1 aromatic heterocycles. The molecule has 1 saturated carbocycles. The van der Waals surface area contributed by atoms with E-state index < -0.39 is 5.97 Å². The first kappa shape index (κ1) is 25.5. The zero-order valence-corrected chi connectivity index (χ0v) is 22.1. The number of rotatable bonds is 9. The molecule has 192 valence electrons. The minimum atomic E-state index is -0.492. The number of hydrogen-bond donors (Lipinski definition) is 0. The number of carbonyl (C=O) groups is 2. The molecule has 38 heavy (non-hydrogen) atoms. The summed E-state index contributed by atoms with van der Waals surface area (Å²) in [5.41, 5.74) is 4.55. The van der Waals surface area contributed by atoms with Crippen LogP contribution in [0.3, 0.4) is 0 Å². The molecule has 0 atom stereocenters. The Morgan fingerprint density at radius 3 is 2.18 bits per heavy atom. The van der Waals surface area contributed by atoms with Crippen LogP contribution in [0.4, 0.5) is 22.7 Å². The number of carbonyl (C=O) groups excluding carboxylic acids is 2. The first-order valence-corrected chi connectivity index (χ1v) is 12.9. The molecule has 5 rings (SSSR count). The molecule has 1 heterocycles. The Bertz CT molecular complexity index is 1440. The molecule has 1 aliphatic rings. The summed E-state index contributed by atoms with van der Waals surface area (Å²) in [6.07, 6.45) is 4.01. The van der Waals surface area contributed by atoms with Gasteiger partial charge in [-0.25, -0.2) is 4.79 Å². The maximum atomic E-state index is 13.6. The highest BCUT2D eigenvalue weighted by molar-refractivity contribution is 6.30. The van der Waals surface area contributed by atoms with Crippen molar-refractivity contribution in [2.24, 2.45) is 5.92 Å². The van der Waals surface area contributed by atoms with Gasteiger partial charge in [0, 0.05) is 41.2 Å². The van der Waals surface area contributed by atoms with Crippen LogP contribution in [0, 0.1) is 5.92 Å². The summed E-state index contributed by atoms with van der Waals surface area (Å²) in [4.78, 5) is 34.7. The third-order valence-corrected chi connectivity index (χ3v) is 6.95. The number of halogens is 1. The van der Waals surface area contributed by atoms with Crippen molar-refractivity contribution in [3.05, 3.63) is 113 Å². The standard InChI is InChI=1S/C31H28ClN3O3/c1-34(25-12-10-24(32)11-13-25)27-14-15-29(33-19-27)30(36)22-16-23(31(37)38-2)18-28(17-22)35(20-21-8-9-21)26-6-4-3-5-7-26/h3-7,10-19,21H,8-9,20H2,1-2H3. The second-order valence-corrected chi connectivity index (χ2v) is 9.85. The second kappa shape index (κ2) is 11.1. The molecule has 7 heteroatoms. The SMILES string of the molecule is COC(=O)c1cc(C(=O)c2ccc(N(C)c3ccc(Cl)cc3)cn2)cc(N(CC2CC2)c2ccccc2)c1. The Morgan fingerprint density at radius 1 is 0.868 bits per heavy atom. The fourth-order valence-electron chi connectivity index (χ4n) is 4.34. The Morgan fingerprint density at radius 2 is 1.55 bits per heavy atom. The third kappa shape index (κ3) is 5.71. The van der Waals surface area contributed by atoms with E-state index in [1.54, 1.807) is 24.4 Å². The number of anilines is 4. The lowest BCUT2D eigenvalue weighted by Gasteiger charge is -2.26. The van der Waals surface area contributed by atoms with Crippen molar-refractivity contribution < 1.29 is 14.3 Å². The maximum absolute atomic E-state index is 13.6. The van der Waals surface area contributed by atoms with Gasteiger partial charge in [0.2, 0.25) is 5.78 Å². The first-order chi connectivity index (χ1) is 18.4. The average molecular weight is 526 g/mol. The highest BCUT2D eigenvalue weighted by Gasteiger charge is 2.27. The van der Waals surface area contributed by atoms with Crippen LogP contribution >= 0.6 is 11.6 Å². The van der Waals surface area contributed by atoms with E-state index in [-0.39, 0.29) is 5.78 Å². The van der Waals surface area contributed by atoms with Gasteiger partial charge in [-0.05, 0) is 85.5 Å². The fourth-order valence-corrected chi connectivity index (χ4v) is 4.47. The number of methoxy groups -OCH3 is 1. The van der Waals surface area contributed by atoms with Crippen LogP contribution < -0.4 is 9.80 Å². The van der Waals surface area contributed by atoms with Crippen LogP contribution in [0.5, 0.6) is 0 Å². The number of ether oxygens (including phenoxy) is 1. The molecule has 0 saturated heterocycles. The lowest BCUT2D eigenvalue weighted by atomic mass is 10.0. The summed E-state index contributed by atoms with van der Waals surface area (Å²) in [7, 11) is 3.26. The molecule has 0 aliphatic heterocycles. The van der Waals surface area contributed by atoms with Crippen molar-refractivity contribution in [3.63, 3.8) is 0 Å². The van der Waals surface area contributed by atoms with Gasteiger partial charge < -0.3 is 14.5 Å². The van der Waals surface area contributed by atoms with E-state index in [4.69, 9.17) is 16.3 Å². The predicted octanol–water partition coefficient (Wildman–Crippen LogP) is 7.07. The maximum Gasteiger partial charge on any atom is 0.337 e. The van der Waals surface area contributed by atoms with Crippen LogP contribution in [0.1, 0.15) is 39.3 Å². The normalized spacial score (nSPS) is 12.6. The predicted molar refractivity (Wildman–Crippen MR) is 151 cm³/mol. The zero-order chi connectivity index (χ0) is 26.6. The molecule has 0 amide bonds. The summed E-state index contributed by atoms with van der Waals surface area (Å²) in [5, 5.41) is 0.665. The quantitative estimate of drug-likeness (QED) is 0.172. The van der Waals surface area contributed by atoms with E-state index >= 15 is 0 Å². The molecule has 0 bridgehead atoms. The molecule has 0 N–H and O–H groups in total. The summed E-state index contributed by atoms with van der Waals surface area (Å²) in [6, 6.07) is 26.2. The minimum absolute atomic E-state index is 0.267. The number of benzene rings is 3. The Kier molecular flexibility index (Phi) is 7.43. The van der Waals surface area contributed by atoms with Crippen molar-refractivity contribution in [3.8, 4) is 0 Å². The Labute approximate surface area is 227 Å². The molecule has 6 nitrogen and oxygen atoms in total. The van der Waals surface area contributed by atoms with Crippen molar-refractivity contribution >= 4 is 46.1 Å². The van der Waals surface area contributed by atoms with Gasteiger partial charge in [-0.3, -0.25) is 9.78 Å². The van der Waals surface area contributed by atoms with E-state index in [0.29, 0.717) is 27.8 Å². The van der Waals surface area contributed by atoms with Crippen LogP contribution in [0.2, 0.25) is 5.02 Å². The van der Waals surface area contributed by atoms with Gasteiger partial charge in [-0.15, -0.1) is 0 Å². The highest BCUT2D eigenvalue weighted by Crippen LogP contribution is 2.36. The number of hydrogen-bond acceptors (Lipinski definition) is 6. The summed E-state index contributed by atoms with van der Waals surface area (Å²) < 4.78 is 5.00. The van der Waals surface area contributed by atoms with Crippen LogP contribution in [-0.2, 0) is 4.74 Å². The van der Waals surface area contributed by atoms with Crippen molar-refractivity contribution in [1.82, 2.24) is 4.98 Å². The number of ketones is 1. The number of para-hydroxylation sites is 1. The molecule has 0 spiro atoms. The fraction of sp³-hybridized carbons (Fsp3) is 0.194. The molecule has 0 radical (unpaired) electrons. The summed E-state index contributed by atoms with van der Waals surface area (Å²) in [5.74, 6) is -0.173. The topological polar surface area (TPSA) is 62.7 Å². The van der Waals surface area contributed by atoms with Crippen molar-refractivity contribution in [2.45, 2.75) is 12.8 Å². The number of nitrogens with zero attached hydrogens (tertiary/aromatic N) is 3. The van der Waals surface area contributed by atoms with Gasteiger partial charge in [0.25, 0.3) is 0 Å². The average Bonchev–Trinajstić information content (AvgIpc) is 3.80. The van der Waals surface area contributed by atoms with Gasteiger partial charge in [-0.2, -0.15) is 0 Å². The van der Waals surface area contributed by atoms with Crippen LogP contribution in [0.15, 0.2) is 91.1 Å². The van der Waals surface area contributed by atoms with Crippen LogP contribution in [-0.4, -0.2) is 37.4 Å². The van der Waals surface area contributed by atoms with E-state index in [1.807, 2.05) is 78.7 Å². The first-order valence-electron chi connectivity index (χ1n) is 12.5. The number of pyridine rings is 1. The molecule has 4 aromatic rings. The Hall–Kier alpha value is -4.16. The molecule has 1 aliphatic carbocycles. The van der Waals surface area contributed by atoms with Crippen molar-refractivity contribution in [1.29, 1.82) is 0 Å². The van der Waals surface area contributed by atoms with Gasteiger partial charge in [0.05, 0.1) is 24.6 Å². The van der Waals surface area contributed by atoms with Crippen molar-refractivity contribution in [2.75, 3.05) is 30.5 Å². The molecular formula is C31H28ClN3O3. The molecular weight excluding hydrogens is 498 g/mol. The van der Waals surface area contributed by atoms with E-state index in [1.165, 1.54) is 20.0 Å². The van der Waals surface area contributed by atoms with E-state index in [9.17, 15) is 9.59 Å².